The molecule has 1 fully saturated rings. The van der Waals surface area contributed by atoms with E-state index in [9.17, 15) is 4.79 Å². The fourth-order valence-electron chi connectivity index (χ4n) is 4.26. The molecule has 1 amide bonds. The molecule has 9 heteroatoms. The molecule has 4 aromatic rings. The summed E-state index contributed by atoms with van der Waals surface area (Å²) in [6.07, 6.45) is 5.02. The standard InChI is InChI=1S/C24H22ClFN6O/c1-15-14-31(30-29-15)17-7-8-19(21(26)12-17)24(33)32(18-5-3-10-27-13-18)23-22-16(9-11-28-23)4-2-6-20(22)25/h2,4,6-9,11-12,14,18,27H,3,5,10,13H2,1H3/t18-/m1/s1. The Labute approximate surface area is 195 Å². The van der Waals surface area contributed by atoms with E-state index in [4.69, 9.17) is 11.6 Å². The van der Waals surface area contributed by atoms with Crippen LogP contribution in [0.5, 0.6) is 0 Å². The molecule has 2 aromatic carbocycles. The minimum atomic E-state index is -0.634. The van der Waals surface area contributed by atoms with E-state index in [1.807, 2.05) is 18.2 Å². The molecule has 1 N–H and O–H groups in total. The van der Waals surface area contributed by atoms with Crippen LogP contribution in [0.25, 0.3) is 16.5 Å². The Kier molecular flexibility index (Phi) is 5.78. The number of benzene rings is 2. The molecule has 33 heavy (non-hydrogen) atoms. The summed E-state index contributed by atoms with van der Waals surface area (Å²) >= 11 is 6.53. The van der Waals surface area contributed by atoms with Gasteiger partial charge in [-0.3, -0.25) is 9.69 Å². The third kappa shape index (κ3) is 4.07. The predicted octanol–water partition coefficient (Wildman–Crippen LogP) is 4.32. The largest absolute Gasteiger partial charge is 0.315 e. The number of hydrogen-bond donors (Lipinski definition) is 1. The van der Waals surface area contributed by atoms with Gasteiger partial charge in [0.15, 0.2) is 0 Å². The lowest BCUT2D eigenvalue weighted by molar-refractivity contribution is 0.0968. The first-order valence-corrected chi connectivity index (χ1v) is 11.2. The highest BCUT2D eigenvalue weighted by Crippen LogP contribution is 2.34. The third-order valence-electron chi connectivity index (χ3n) is 5.86. The number of carbonyl (C=O) groups is 1. The molecule has 168 valence electrons. The quantitative estimate of drug-likeness (QED) is 0.487. The van der Waals surface area contributed by atoms with Crippen LogP contribution in [0.4, 0.5) is 10.2 Å². The second-order valence-corrected chi connectivity index (χ2v) is 8.52. The zero-order valence-electron chi connectivity index (χ0n) is 18.0. The fourth-order valence-corrected chi connectivity index (χ4v) is 4.53. The lowest BCUT2D eigenvalue weighted by Gasteiger charge is -2.34. The van der Waals surface area contributed by atoms with Gasteiger partial charge in [-0.15, -0.1) is 5.10 Å². The van der Waals surface area contributed by atoms with Crippen molar-refractivity contribution in [2.45, 2.75) is 25.8 Å². The first-order valence-electron chi connectivity index (χ1n) is 10.8. The summed E-state index contributed by atoms with van der Waals surface area (Å²) in [7, 11) is 0. The molecule has 0 spiro atoms. The van der Waals surface area contributed by atoms with E-state index in [0.29, 0.717) is 34.2 Å². The maximum atomic E-state index is 15.3. The van der Waals surface area contributed by atoms with E-state index in [1.54, 1.807) is 36.4 Å². The van der Waals surface area contributed by atoms with Gasteiger partial charge in [0.1, 0.15) is 11.6 Å². The van der Waals surface area contributed by atoms with Crippen LogP contribution >= 0.6 is 11.6 Å². The maximum absolute atomic E-state index is 15.3. The molecule has 0 bridgehead atoms. The van der Waals surface area contributed by atoms with Crippen molar-refractivity contribution in [2.75, 3.05) is 18.0 Å². The molecular weight excluding hydrogens is 443 g/mol. The molecule has 1 saturated heterocycles. The van der Waals surface area contributed by atoms with Gasteiger partial charge >= 0.3 is 0 Å². The number of aromatic nitrogens is 4. The van der Waals surface area contributed by atoms with Crippen molar-refractivity contribution >= 4 is 34.1 Å². The summed E-state index contributed by atoms with van der Waals surface area (Å²) in [5.74, 6) is -0.652. The number of carbonyl (C=O) groups excluding carboxylic acids is 1. The van der Waals surface area contributed by atoms with E-state index >= 15 is 4.39 Å². The third-order valence-corrected chi connectivity index (χ3v) is 6.17. The minimum Gasteiger partial charge on any atom is -0.315 e. The first-order chi connectivity index (χ1) is 16.0. The Balaban J connectivity index is 1.60. The topological polar surface area (TPSA) is 75.9 Å². The van der Waals surface area contributed by atoms with E-state index in [2.05, 4.69) is 20.6 Å². The molecule has 0 unspecified atom stereocenters. The normalized spacial score (nSPS) is 16.2. The Morgan fingerprint density at radius 3 is 2.88 bits per heavy atom. The van der Waals surface area contributed by atoms with Gasteiger partial charge in [-0.25, -0.2) is 14.1 Å². The molecule has 5 rings (SSSR count). The van der Waals surface area contributed by atoms with Gasteiger partial charge in [-0.05, 0) is 56.0 Å². The molecule has 0 saturated carbocycles. The summed E-state index contributed by atoms with van der Waals surface area (Å²) < 4.78 is 16.7. The highest BCUT2D eigenvalue weighted by molar-refractivity contribution is 6.36. The predicted molar refractivity (Wildman–Crippen MR) is 126 cm³/mol. The van der Waals surface area contributed by atoms with Crippen LogP contribution in [-0.4, -0.2) is 45.0 Å². The number of rotatable bonds is 4. The minimum absolute atomic E-state index is 0.0352. The lowest BCUT2D eigenvalue weighted by atomic mass is 10.0. The molecule has 1 aliphatic rings. The Bertz CT molecular complexity index is 1330. The van der Waals surface area contributed by atoms with Crippen molar-refractivity contribution in [1.29, 1.82) is 0 Å². The number of fused-ring (bicyclic) bond motifs is 1. The van der Waals surface area contributed by atoms with Gasteiger partial charge in [0.2, 0.25) is 0 Å². The van der Waals surface area contributed by atoms with Crippen molar-refractivity contribution in [2.24, 2.45) is 0 Å². The summed E-state index contributed by atoms with van der Waals surface area (Å²) in [5, 5.41) is 13.3. The second-order valence-electron chi connectivity index (χ2n) is 8.12. The number of pyridine rings is 1. The summed E-state index contributed by atoms with van der Waals surface area (Å²) in [6.45, 7) is 3.27. The van der Waals surface area contributed by atoms with Crippen molar-refractivity contribution in [3.8, 4) is 5.69 Å². The van der Waals surface area contributed by atoms with E-state index < -0.39 is 11.7 Å². The zero-order chi connectivity index (χ0) is 22.9. The van der Waals surface area contributed by atoms with Gasteiger partial charge in [0, 0.05) is 24.2 Å². The van der Waals surface area contributed by atoms with Crippen LogP contribution in [0.1, 0.15) is 28.9 Å². The molecular formula is C24H22ClFN6O. The molecule has 0 aliphatic carbocycles. The second kappa shape index (κ2) is 8.88. The summed E-state index contributed by atoms with van der Waals surface area (Å²) in [6, 6.07) is 11.6. The molecule has 2 aromatic heterocycles. The maximum Gasteiger partial charge on any atom is 0.262 e. The number of aryl methyl sites for hydroxylation is 1. The van der Waals surface area contributed by atoms with Crippen molar-refractivity contribution < 1.29 is 9.18 Å². The Morgan fingerprint density at radius 2 is 2.15 bits per heavy atom. The number of anilines is 1. The highest BCUT2D eigenvalue weighted by atomic mass is 35.5. The Hall–Kier alpha value is -3.36. The van der Waals surface area contributed by atoms with Crippen molar-refractivity contribution in [1.82, 2.24) is 25.3 Å². The van der Waals surface area contributed by atoms with E-state index in [1.165, 1.54) is 16.8 Å². The summed E-state index contributed by atoms with van der Waals surface area (Å²) in [4.78, 5) is 19.9. The van der Waals surface area contributed by atoms with Gasteiger partial charge in [0.25, 0.3) is 5.91 Å². The van der Waals surface area contributed by atoms with Gasteiger partial charge in [-0.1, -0.05) is 28.9 Å². The van der Waals surface area contributed by atoms with Crippen molar-refractivity contribution in [3.63, 3.8) is 0 Å². The molecule has 1 atom stereocenters. The Morgan fingerprint density at radius 1 is 1.27 bits per heavy atom. The van der Waals surface area contributed by atoms with Crippen LogP contribution in [0, 0.1) is 12.7 Å². The van der Waals surface area contributed by atoms with E-state index in [-0.39, 0.29) is 11.6 Å². The van der Waals surface area contributed by atoms with Crippen LogP contribution in [0.15, 0.2) is 54.9 Å². The van der Waals surface area contributed by atoms with Gasteiger partial charge < -0.3 is 5.32 Å². The molecule has 3 heterocycles. The number of halogens is 2. The monoisotopic (exact) mass is 464 g/mol. The van der Waals surface area contributed by atoms with Crippen LogP contribution in [0.3, 0.4) is 0 Å². The number of nitrogens with zero attached hydrogens (tertiary/aromatic N) is 5. The highest BCUT2D eigenvalue weighted by Gasteiger charge is 2.32. The number of hydrogen-bond acceptors (Lipinski definition) is 5. The van der Waals surface area contributed by atoms with Gasteiger partial charge in [0.05, 0.1) is 34.2 Å². The van der Waals surface area contributed by atoms with Crippen LogP contribution < -0.4 is 10.2 Å². The zero-order valence-corrected chi connectivity index (χ0v) is 18.8. The first kappa shape index (κ1) is 21.5. The fraction of sp³-hybridized carbons (Fsp3) is 0.250. The van der Waals surface area contributed by atoms with Crippen LogP contribution in [-0.2, 0) is 0 Å². The number of piperidine rings is 1. The number of nitrogens with one attached hydrogen (secondary N) is 1. The van der Waals surface area contributed by atoms with E-state index in [0.717, 1.165) is 24.8 Å². The van der Waals surface area contributed by atoms with Crippen molar-refractivity contribution in [3.05, 3.63) is 77.0 Å². The number of amides is 1. The average Bonchev–Trinajstić information content (AvgIpc) is 3.26. The lowest BCUT2D eigenvalue weighted by Crippen LogP contribution is -2.49. The SMILES string of the molecule is Cc1cn(-c2ccc(C(=O)N(c3nccc4cccc(Cl)c34)[C@@H]3CCCNC3)c(F)c2)nn1. The molecule has 1 aliphatic heterocycles. The van der Waals surface area contributed by atoms with Crippen LogP contribution in [0.2, 0.25) is 5.02 Å². The smallest absolute Gasteiger partial charge is 0.262 e. The average molecular weight is 465 g/mol. The molecule has 7 nitrogen and oxygen atoms in total. The summed E-state index contributed by atoms with van der Waals surface area (Å²) in [5.41, 5.74) is 1.17. The molecule has 0 radical (unpaired) electrons. The van der Waals surface area contributed by atoms with Gasteiger partial charge in [-0.2, -0.15) is 0 Å².